The second-order valence-electron chi connectivity index (χ2n) is 15.0. The summed E-state index contributed by atoms with van der Waals surface area (Å²) in [6.07, 6.45) is 9.53. The summed E-state index contributed by atoms with van der Waals surface area (Å²) >= 11 is 0. The minimum atomic E-state index is -0.953. The molecule has 2 atom stereocenters. The Hall–Kier alpha value is -3.97. The van der Waals surface area contributed by atoms with E-state index in [9.17, 15) is 9.59 Å². The first-order chi connectivity index (χ1) is 23.1. The molecular weight excluding hydrogens is 610 g/mol. The highest BCUT2D eigenvalue weighted by Crippen LogP contribution is 2.46. The number of anilines is 2. The van der Waals surface area contributed by atoms with Gasteiger partial charge in [-0.3, -0.25) is 10.1 Å². The van der Waals surface area contributed by atoms with Gasteiger partial charge in [-0.05, 0) is 96.5 Å². The second-order valence-corrected chi connectivity index (χ2v) is 15.0. The van der Waals surface area contributed by atoms with E-state index in [1.165, 1.54) is 16.8 Å². The lowest BCUT2D eigenvalue weighted by atomic mass is 9.88. The third-order valence-electron chi connectivity index (χ3n) is 11.1. The predicted octanol–water partition coefficient (Wildman–Crippen LogP) is 3.60. The molecule has 8 rings (SSSR count). The molecule has 6 heterocycles. The zero-order valence-electron chi connectivity index (χ0n) is 28.6. The molecule has 1 aromatic carbocycles. The van der Waals surface area contributed by atoms with Gasteiger partial charge in [0, 0.05) is 42.6 Å². The standard InChI is InChI=1S/C35H47N9O4/c1-22-16-27-25(17-36-44(27)28-8-5-6-15-47-28)29(23(22)2)42-14-9-24-26(18-42)37-33(48-21-34(11-12-34)19-41(3)4)38-30(24)43-13-7-10-35(20-43)31(45)39-32(46)40-35/h16-17,28H,5-15,18-21H2,1-4H3,(H2,39,40,45,46)/t28?,35-/m1/s1. The van der Waals surface area contributed by atoms with Crippen molar-refractivity contribution in [3.8, 4) is 6.01 Å². The molecular formula is C35H47N9O4. The van der Waals surface area contributed by atoms with Crippen molar-refractivity contribution in [3.05, 3.63) is 34.6 Å². The molecule has 5 aliphatic rings. The van der Waals surface area contributed by atoms with Crippen molar-refractivity contribution in [2.24, 2.45) is 5.41 Å². The SMILES string of the molecule is Cc1cc2c(cnn2C2CCCCO2)c(N2CCc3c(nc(OCC4(CN(C)C)CC4)nc3N3CCC[C@]4(C3)NC(=O)NC4=O)C2)c1C. The number of hydrogen-bond acceptors (Lipinski definition) is 10. The molecule has 48 heavy (non-hydrogen) atoms. The number of imide groups is 1. The number of aryl methyl sites for hydroxylation is 1. The summed E-state index contributed by atoms with van der Waals surface area (Å²) in [5, 5.41) is 11.4. The van der Waals surface area contributed by atoms with Crippen LogP contribution in [0.1, 0.15) is 73.6 Å². The van der Waals surface area contributed by atoms with Gasteiger partial charge < -0.3 is 29.5 Å². The van der Waals surface area contributed by atoms with E-state index < -0.39 is 11.6 Å². The highest BCUT2D eigenvalue weighted by atomic mass is 16.5. The maximum atomic E-state index is 13.0. The van der Waals surface area contributed by atoms with Crippen molar-refractivity contribution in [1.82, 2.24) is 35.3 Å². The maximum Gasteiger partial charge on any atom is 0.322 e. The molecule has 4 fully saturated rings. The Balaban J connectivity index is 1.15. The predicted molar refractivity (Wildman–Crippen MR) is 181 cm³/mol. The first-order valence-corrected chi connectivity index (χ1v) is 17.5. The van der Waals surface area contributed by atoms with Crippen LogP contribution in [-0.2, 0) is 22.5 Å². The minimum absolute atomic E-state index is 0.0369. The summed E-state index contributed by atoms with van der Waals surface area (Å²) in [4.78, 5) is 42.1. The third-order valence-corrected chi connectivity index (χ3v) is 11.1. The zero-order valence-corrected chi connectivity index (χ0v) is 28.6. The molecule has 0 bridgehead atoms. The van der Waals surface area contributed by atoms with Crippen LogP contribution in [0.25, 0.3) is 10.9 Å². The zero-order chi connectivity index (χ0) is 33.2. The van der Waals surface area contributed by atoms with Crippen LogP contribution in [0, 0.1) is 19.3 Å². The molecule has 2 N–H and O–H groups in total. The molecule has 13 heteroatoms. The summed E-state index contributed by atoms with van der Waals surface area (Å²) < 4.78 is 14.6. The molecule has 0 radical (unpaired) electrons. The molecule has 1 saturated carbocycles. The fourth-order valence-electron chi connectivity index (χ4n) is 8.32. The van der Waals surface area contributed by atoms with Gasteiger partial charge in [0.05, 0.1) is 42.8 Å². The maximum absolute atomic E-state index is 13.0. The highest BCUT2D eigenvalue weighted by molar-refractivity contribution is 6.07. The number of aromatic nitrogens is 4. The molecule has 13 nitrogen and oxygen atoms in total. The lowest BCUT2D eigenvalue weighted by molar-refractivity contribution is -0.124. The van der Waals surface area contributed by atoms with Crippen LogP contribution in [0.4, 0.5) is 16.3 Å². The number of benzene rings is 1. The van der Waals surface area contributed by atoms with Crippen molar-refractivity contribution < 1.29 is 19.1 Å². The van der Waals surface area contributed by atoms with Gasteiger partial charge in [0.25, 0.3) is 5.91 Å². The summed E-state index contributed by atoms with van der Waals surface area (Å²) in [5.74, 6) is 0.550. The van der Waals surface area contributed by atoms with Gasteiger partial charge in [0.2, 0.25) is 0 Å². The molecule has 1 unspecified atom stereocenters. The van der Waals surface area contributed by atoms with E-state index in [0.717, 1.165) is 99.2 Å². The van der Waals surface area contributed by atoms with Gasteiger partial charge in [-0.1, -0.05) is 0 Å². The van der Waals surface area contributed by atoms with Gasteiger partial charge in [-0.25, -0.2) is 9.48 Å². The van der Waals surface area contributed by atoms with Crippen molar-refractivity contribution in [1.29, 1.82) is 0 Å². The highest BCUT2D eigenvalue weighted by Gasteiger charge is 2.49. The minimum Gasteiger partial charge on any atom is -0.463 e. The molecule has 1 aliphatic carbocycles. The number of amides is 3. The number of nitrogens with zero attached hydrogens (tertiary/aromatic N) is 7. The topological polar surface area (TPSA) is 130 Å². The van der Waals surface area contributed by atoms with Crippen molar-refractivity contribution in [3.63, 3.8) is 0 Å². The van der Waals surface area contributed by atoms with E-state index in [0.29, 0.717) is 32.1 Å². The van der Waals surface area contributed by atoms with Gasteiger partial charge in [0.15, 0.2) is 6.23 Å². The van der Waals surface area contributed by atoms with Crippen molar-refractivity contribution in [2.45, 2.75) is 83.5 Å². The van der Waals surface area contributed by atoms with Crippen LogP contribution in [0.3, 0.4) is 0 Å². The number of fused-ring (bicyclic) bond motifs is 2. The van der Waals surface area contributed by atoms with Crippen molar-refractivity contribution in [2.75, 3.05) is 63.3 Å². The normalized spacial score (nSPS) is 25.1. The monoisotopic (exact) mass is 657 g/mol. The second kappa shape index (κ2) is 11.9. The molecule has 3 amide bonds. The summed E-state index contributed by atoms with van der Waals surface area (Å²) in [5.41, 5.74) is 5.95. The quantitative estimate of drug-likeness (QED) is 0.347. The van der Waals surface area contributed by atoms with E-state index in [1.807, 2.05) is 6.20 Å². The average Bonchev–Trinajstić information content (AvgIpc) is 3.61. The number of carbonyl (C=O) groups excluding carboxylic acids is 2. The van der Waals surface area contributed by atoms with Crippen LogP contribution in [0.5, 0.6) is 6.01 Å². The van der Waals surface area contributed by atoms with Crippen LogP contribution in [0.2, 0.25) is 0 Å². The summed E-state index contributed by atoms with van der Waals surface area (Å²) in [6.45, 7) is 9.16. The Morgan fingerprint density at radius 3 is 2.67 bits per heavy atom. The molecule has 2 aromatic heterocycles. The van der Waals surface area contributed by atoms with Gasteiger partial charge in [0.1, 0.15) is 11.4 Å². The van der Waals surface area contributed by atoms with Crippen LogP contribution in [0.15, 0.2) is 12.3 Å². The van der Waals surface area contributed by atoms with E-state index in [1.54, 1.807) is 0 Å². The van der Waals surface area contributed by atoms with Crippen LogP contribution >= 0.6 is 0 Å². The van der Waals surface area contributed by atoms with E-state index >= 15 is 0 Å². The fraction of sp³-hybridized carbons (Fsp3) is 0.629. The Bertz CT molecular complexity index is 1760. The fourth-order valence-corrected chi connectivity index (χ4v) is 8.32. The van der Waals surface area contributed by atoms with Gasteiger partial charge in [-0.2, -0.15) is 15.1 Å². The van der Waals surface area contributed by atoms with Crippen LogP contribution in [-0.4, -0.2) is 95.6 Å². The average molecular weight is 658 g/mol. The smallest absolute Gasteiger partial charge is 0.322 e. The molecule has 256 valence electrons. The lowest BCUT2D eigenvalue weighted by Crippen LogP contribution is -2.59. The van der Waals surface area contributed by atoms with E-state index in [2.05, 4.69) is 64.0 Å². The Morgan fingerprint density at radius 2 is 1.94 bits per heavy atom. The van der Waals surface area contributed by atoms with Gasteiger partial charge >= 0.3 is 12.0 Å². The number of urea groups is 1. The Labute approximate surface area is 281 Å². The third kappa shape index (κ3) is 5.54. The molecule has 3 saturated heterocycles. The van der Waals surface area contributed by atoms with E-state index in [-0.39, 0.29) is 17.6 Å². The number of carbonyl (C=O) groups is 2. The summed E-state index contributed by atoms with van der Waals surface area (Å²) in [6, 6.07) is 2.19. The number of ether oxygens (including phenoxy) is 2. The molecule has 3 aromatic rings. The largest absolute Gasteiger partial charge is 0.463 e. The van der Waals surface area contributed by atoms with E-state index in [4.69, 9.17) is 24.5 Å². The van der Waals surface area contributed by atoms with Gasteiger partial charge in [-0.15, -0.1) is 0 Å². The number of piperidine rings is 1. The van der Waals surface area contributed by atoms with Crippen molar-refractivity contribution >= 4 is 34.3 Å². The number of rotatable bonds is 8. The number of nitrogens with one attached hydrogen (secondary N) is 2. The first-order valence-electron chi connectivity index (χ1n) is 17.5. The first kappa shape index (κ1) is 31.3. The lowest BCUT2D eigenvalue weighted by Gasteiger charge is -2.40. The van der Waals surface area contributed by atoms with Crippen LogP contribution < -0.4 is 25.2 Å². The number of hydrogen-bond donors (Lipinski definition) is 2. The molecule has 4 aliphatic heterocycles. The Kier molecular flexibility index (Phi) is 7.74. The molecule has 1 spiro atoms. The Morgan fingerprint density at radius 1 is 1.08 bits per heavy atom. The summed E-state index contributed by atoms with van der Waals surface area (Å²) in [7, 11) is 4.20.